The van der Waals surface area contributed by atoms with E-state index in [0.29, 0.717) is 76.6 Å². The number of aromatic hydroxyl groups is 6. The minimum Gasteiger partial charge on any atom is -0.507 e. The van der Waals surface area contributed by atoms with Gasteiger partial charge in [0.1, 0.15) is 34.5 Å². The Kier molecular flexibility index (Phi) is 10.0. The van der Waals surface area contributed by atoms with Gasteiger partial charge in [0.15, 0.2) is 0 Å². The average Bonchev–Trinajstić information content (AvgIpc) is 3.11. The highest BCUT2D eigenvalue weighted by Gasteiger charge is 2.18. The van der Waals surface area contributed by atoms with Crippen LogP contribution in [0.2, 0.25) is 0 Å². The van der Waals surface area contributed by atoms with Crippen molar-refractivity contribution in [3.05, 3.63) is 176 Å². The monoisotopic (exact) mass is 666 g/mol. The van der Waals surface area contributed by atoms with Crippen molar-refractivity contribution >= 4 is 0 Å². The quantitative estimate of drug-likeness (QED) is 0.0823. The van der Waals surface area contributed by atoms with E-state index in [2.05, 4.69) is 0 Å². The summed E-state index contributed by atoms with van der Waals surface area (Å²) < 4.78 is 0. The molecule has 0 aliphatic carbocycles. The van der Waals surface area contributed by atoms with E-state index in [9.17, 15) is 30.6 Å². The fourth-order valence-electron chi connectivity index (χ4n) is 6.68. The third-order valence-corrected chi connectivity index (χ3v) is 9.62. The van der Waals surface area contributed by atoms with E-state index in [1.807, 2.05) is 123 Å². The minimum atomic E-state index is 0.0965. The molecule has 0 saturated carbocycles. The number of para-hydroxylation sites is 6. The largest absolute Gasteiger partial charge is 0.507 e. The average molecular weight is 667 g/mol. The summed E-state index contributed by atoms with van der Waals surface area (Å²) >= 11 is 0. The number of phenolic OH excluding ortho intramolecular Hbond substituents is 6. The van der Waals surface area contributed by atoms with E-state index in [1.54, 1.807) is 0 Å². The van der Waals surface area contributed by atoms with E-state index >= 15 is 0 Å². The van der Waals surface area contributed by atoms with Gasteiger partial charge in [-0.05, 0) is 80.1 Å². The second kappa shape index (κ2) is 14.7. The van der Waals surface area contributed by atoms with Gasteiger partial charge in [-0.2, -0.15) is 0 Å². The number of aryl methyl sites for hydroxylation is 2. The molecule has 0 heterocycles. The van der Waals surface area contributed by atoms with Gasteiger partial charge in [-0.3, -0.25) is 0 Å². The Morgan fingerprint density at radius 1 is 0.300 bits per heavy atom. The van der Waals surface area contributed by atoms with Crippen molar-refractivity contribution in [3.63, 3.8) is 0 Å². The summed E-state index contributed by atoms with van der Waals surface area (Å²) in [6, 6.07) is 33.3. The summed E-state index contributed by atoms with van der Waals surface area (Å²) in [5.74, 6) is 0.922. The third kappa shape index (κ3) is 7.10. The van der Waals surface area contributed by atoms with Crippen molar-refractivity contribution in [1.82, 2.24) is 0 Å². The van der Waals surface area contributed by atoms with Crippen LogP contribution < -0.4 is 0 Å². The highest BCUT2D eigenvalue weighted by Crippen LogP contribution is 2.37. The molecule has 6 N–H and O–H groups in total. The van der Waals surface area contributed by atoms with Crippen LogP contribution in [0.1, 0.15) is 73.7 Å². The second-order valence-electron chi connectivity index (χ2n) is 12.9. The highest BCUT2D eigenvalue weighted by atomic mass is 16.3. The summed E-state index contributed by atoms with van der Waals surface area (Å²) in [5.41, 5.74) is 8.34. The van der Waals surface area contributed by atoms with Crippen LogP contribution in [0.3, 0.4) is 0 Å². The van der Waals surface area contributed by atoms with Crippen LogP contribution in [-0.4, -0.2) is 30.6 Å². The summed E-state index contributed by atoms with van der Waals surface area (Å²) in [4.78, 5) is 0. The summed E-state index contributed by atoms with van der Waals surface area (Å²) in [7, 11) is 0. The lowest BCUT2D eigenvalue weighted by Crippen LogP contribution is -1.99. The van der Waals surface area contributed by atoms with E-state index in [1.165, 1.54) is 0 Å². The lowest BCUT2D eigenvalue weighted by molar-refractivity contribution is 0.452. The molecular formula is C44H42O6. The molecule has 0 amide bonds. The predicted molar refractivity (Wildman–Crippen MR) is 197 cm³/mol. The van der Waals surface area contributed by atoms with Gasteiger partial charge in [0.05, 0.1) is 0 Å². The summed E-state index contributed by atoms with van der Waals surface area (Å²) in [5, 5.41) is 66.3. The maximum atomic E-state index is 11.4. The molecule has 6 heteroatoms. The minimum absolute atomic E-state index is 0.0965. The maximum absolute atomic E-state index is 11.4. The number of rotatable bonds is 11. The van der Waals surface area contributed by atoms with Gasteiger partial charge in [-0.25, -0.2) is 0 Å². The van der Waals surface area contributed by atoms with Crippen molar-refractivity contribution in [2.45, 2.75) is 52.4 Å². The first-order valence-electron chi connectivity index (χ1n) is 16.9. The van der Waals surface area contributed by atoms with Gasteiger partial charge >= 0.3 is 0 Å². The molecule has 0 atom stereocenters. The number of phenols is 6. The Morgan fingerprint density at radius 2 is 0.500 bits per heavy atom. The summed E-state index contributed by atoms with van der Waals surface area (Å²) in [6.07, 6.45) is 2.32. The lowest BCUT2D eigenvalue weighted by atomic mass is 9.93. The molecule has 50 heavy (non-hydrogen) atoms. The molecule has 0 fully saturated rings. The van der Waals surface area contributed by atoms with Gasteiger partial charge < -0.3 is 30.6 Å². The van der Waals surface area contributed by atoms with Crippen LogP contribution in [0.15, 0.2) is 109 Å². The molecule has 0 spiro atoms. The van der Waals surface area contributed by atoms with Crippen molar-refractivity contribution < 1.29 is 30.6 Å². The fraction of sp³-hybridized carbons (Fsp3) is 0.182. The van der Waals surface area contributed by atoms with Crippen LogP contribution in [-0.2, 0) is 38.5 Å². The fourth-order valence-corrected chi connectivity index (χ4v) is 6.68. The zero-order valence-corrected chi connectivity index (χ0v) is 28.3. The van der Waals surface area contributed by atoms with E-state index in [-0.39, 0.29) is 40.9 Å². The van der Waals surface area contributed by atoms with Crippen LogP contribution in [0.25, 0.3) is 0 Å². The molecule has 0 bridgehead atoms. The van der Waals surface area contributed by atoms with Crippen LogP contribution in [0.4, 0.5) is 0 Å². The van der Waals surface area contributed by atoms with E-state index in [0.717, 1.165) is 22.3 Å². The van der Waals surface area contributed by atoms with Crippen molar-refractivity contribution in [3.8, 4) is 34.5 Å². The van der Waals surface area contributed by atoms with Crippen LogP contribution >= 0.6 is 0 Å². The third-order valence-electron chi connectivity index (χ3n) is 9.62. The molecule has 6 rings (SSSR count). The molecule has 0 radical (unpaired) electrons. The zero-order chi connectivity index (χ0) is 35.4. The lowest BCUT2D eigenvalue weighted by Gasteiger charge is -2.15. The second-order valence-corrected chi connectivity index (χ2v) is 12.9. The molecule has 6 aromatic rings. The number of hydrogen-bond acceptors (Lipinski definition) is 6. The molecule has 254 valence electrons. The van der Waals surface area contributed by atoms with Crippen LogP contribution in [0.5, 0.6) is 34.5 Å². The SMILES string of the molecule is CCc1cccc(Cc2cccc(Cc3cccc(Cc4cccc(Cc5cccc(Cc6cccc(C)c6O)c5O)c4O)c3O)c2O)c1O. The Morgan fingerprint density at radius 3 is 0.760 bits per heavy atom. The number of benzene rings is 6. The van der Waals surface area contributed by atoms with E-state index in [4.69, 9.17) is 0 Å². The molecule has 0 unspecified atom stereocenters. The zero-order valence-electron chi connectivity index (χ0n) is 28.3. The van der Waals surface area contributed by atoms with E-state index < -0.39 is 0 Å². The Bertz CT molecular complexity index is 2170. The molecule has 0 aliphatic heterocycles. The first kappa shape index (κ1) is 34.0. The first-order valence-corrected chi connectivity index (χ1v) is 16.9. The number of hydrogen-bond donors (Lipinski definition) is 6. The molecular weight excluding hydrogens is 624 g/mol. The molecule has 0 aromatic heterocycles. The van der Waals surface area contributed by atoms with Gasteiger partial charge in [0.25, 0.3) is 0 Å². The summed E-state index contributed by atoms with van der Waals surface area (Å²) in [6.45, 7) is 3.83. The topological polar surface area (TPSA) is 121 Å². The van der Waals surface area contributed by atoms with Crippen molar-refractivity contribution in [1.29, 1.82) is 0 Å². The van der Waals surface area contributed by atoms with Crippen molar-refractivity contribution in [2.24, 2.45) is 0 Å². The van der Waals surface area contributed by atoms with Gasteiger partial charge in [0, 0.05) is 32.1 Å². The standard InChI is InChI=1S/C44H42O6/c1-3-28-11-5-13-30(40(28)46)23-32-15-7-17-34(42(32)48)25-36-19-9-21-38(44(36)50)26-37-20-8-18-35(43(37)49)24-33-16-6-14-31(41(33)47)22-29-12-4-10-27(2)39(29)45/h4-21,45-50H,3,22-26H2,1-2H3. The van der Waals surface area contributed by atoms with Gasteiger partial charge in [0.2, 0.25) is 0 Å². The van der Waals surface area contributed by atoms with Gasteiger partial charge in [-0.15, -0.1) is 0 Å². The Balaban J connectivity index is 1.20. The maximum Gasteiger partial charge on any atom is 0.122 e. The van der Waals surface area contributed by atoms with Crippen LogP contribution in [0, 0.1) is 6.92 Å². The smallest absolute Gasteiger partial charge is 0.122 e. The first-order chi connectivity index (χ1) is 24.1. The molecule has 0 aliphatic rings. The highest BCUT2D eigenvalue weighted by molar-refractivity contribution is 5.54. The molecule has 6 nitrogen and oxygen atoms in total. The Labute approximate surface area is 292 Å². The van der Waals surface area contributed by atoms with Crippen molar-refractivity contribution in [2.75, 3.05) is 0 Å². The predicted octanol–water partition coefficient (Wildman–Crippen LogP) is 8.75. The van der Waals surface area contributed by atoms with Gasteiger partial charge in [-0.1, -0.05) is 116 Å². The molecule has 6 aromatic carbocycles. The normalized spacial score (nSPS) is 11.2. The molecule has 0 saturated heterocycles. The Hall–Kier alpha value is -5.88.